The Morgan fingerprint density at radius 2 is 1.86 bits per heavy atom. The topological polar surface area (TPSA) is 54.3 Å². The van der Waals surface area contributed by atoms with Crippen molar-refractivity contribution in [3.05, 3.63) is 65.6 Å². The first-order chi connectivity index (χ1) is 13.6. The van der Waals surface area contributed by atoms with Gasteiger partial charge >= 0.3 is 0 Å². The van der Waals surface area contributed by atoms with Crippen LogP contribution in [0.1, 0.15) is 23.0 Å². The van der Waals surface area contributed by atoms with Crippen LogP contribution in [0, 0.1) is 5.82 Å². The molecule has 0 saturated carbocycles. The molecule has 1 aliphatic rings. The van der Waals surface area contributed by atoms with Crippen molar-refractivity contribution in [2.45, 2.75) is 19.9 Å². The van der Waals surface area contributed by atoms with Crippen molar-refractivity contribution in [1.82, 2.24) is 9.88 Å². The summed E-state index contributed by atoms with van der Waals surface area (Å²) in [5, 5.41) is 4.11. The first-order valence-corrected chi connectivity index (χ1v) is 9.55. The molecular formula is C22H22FN3O2. The van der Waals surface area contributed by atoms with Gasteiger partial charge in [0.15, 0.2) is 0 Å². The molecule has 0 atom stereocenters. The molecule has 1 amide bonds. The fourth-order valence-electron chi connectivity index (χ4n) is 3.97. The molecule has 4 rings (SSSR count). The number of ketones is 1. The highest BCUT2D eigenvalue weighted by molar-refractivity contribution is 6.49. The first kappa shape index (κ1) is 18.4. The van der Waals surface area contributed by atoms with Crippen molar-refractivity contribution in [3.8, 4) is 0 Å². The normalized spacial score (nSPS) is 13.8. The number of fused-ring (bicyclic) bond motifs is 3. The number of rotatable bonds is 4. The van der Waals surface area contributed by atoms with Crippen LogP contribution in [0.4, 0.5) is 10.1 Å². The van der Waals surface area contributed by atoms with Gasteiger partial charge in [-0.05, 0) is 25.1 Å². The number of nitrogens with zero attached hydrogens (tertiary/aromatic N) is 2. The number of nitrogens with one attached hydrogen (secondary N) is 1. The third-order valence-electron chi connectivity index (χ3n) is 5.26. The minimum atomic E-state index is -0.705. The second-order valence-electron chi connectivity index (χ2n) is 6.82. The standard InChI is InChI=1S/C22H22FN3O2/c1-2-25(18-10-6-4-8-16(18)23)22(28)21(27)20-15-7-3-5-9-17(15)26-14-13-24-12-11-19(20)26/h3-10,24H,2,11-14H2,1H3. The summed E-state index contributed by atoms with van der Waals surface area (Å²) in [5.41, 5.74) is 2.39. The molecule has 0 spiro atoms. The fourth-order valence-corrected chi connectivity index (χ4v) is 3.97. The quantitative estimate of drug-likeness (QED) is 0.560. The molecule has 1 aromatic heterocycles. The van der Waals surface area contributed by atoms with E-state index in [9.17, 15) is 14.0 Å². The van der Waals surface area contributed by atoms with Crippen molar-refractivity contribution in [3.63, 3.8) is 0 Å². The summed E-state index contributed by atoms with van der Waals surface area (Å²) < 4.78 is 16.4. The van der Waals surface area contributed by atoms with Crippen LogP contribution >= 0.6 is 0 Å². The third kappa shape index (κ3) is 2.99. The van der Waals surface area contributed by atoms with Crippen LogP contribution in [0.25, 0.3) is 10.9 Å². The molecule has 0 bridgehead atoms. The summed E-state index contributed by atoms with van der Waals surface area (Å²) in [6.45, 7) is 4.24. The number of halogens is 1. The van der Waals surface area contributed by atoms with E-state index in [1.807, 2.05) is 24.3 Å². The van der Waals surface area contributed by atoms with Crippen molar-refractivity contribution in [2.24, 2.45) is 0 Å². The predicted molar refractivity (Wildman–Crippen MR) is 107 cm³/mol. The van der Waals surface area contributed by atoms with E-state index in [1.54, 1.807) is 19.1 Å². The summed E-state index contributed by atoms with van der Waals surface area (Å²) in [6, 6.07) is 13.7. The van der Waals surface area contributed by atoms with Crippen LogP contribution in [-0.2, 0) is 17.8 Å². The zero-order chi connectivity index (χ0) is 19.7. The Balaban J connectivity index is 1.82. The van der Waals surface area contributed by atoms with Crippen LogP contribution in [0.2, 0.25) is 0 Å². The number of likely N-dealkylation sites (N-methyl/N-ethyl adjacent to an activating group) is 1. The SMILES string of the molecule is CCN(C(=O)C(=O)c1c2n(c3ccccc13)CCNCC2)c1ccccc1F. The lowest BCUT2D eigenvalue weighted by molar-refractivity contribution is -0.114. The number of benzene rings is 2. The number of anilines is 1. The zero-order valence-electron chi connectivity index (χ0n) is 15.7. The lowest BCUT2D eigenvalue weighted by Crippen LogP contribution is -2.37. The van der Waals surface area contributed by atoms with Gasteiger partial charge in [0, 0.05) is 49.2 Å². The Hall–Kier alpha value is -2.99. The van der Waals surface area contributed by atoms with Crippen LogP contribution in [0.5, 0.6) is 0 Å². The van der Waals surface area contributed by atoms with Crippen molar-refractivity contribution < 1.29 is 14.0 Å². The second-order valence-corrected chi connectivity index (χ2v) is 6.82. The minimum absolute atomic E-state index is 0.125. The summed E-state index contributed by atoms with van der Waals surface area (Å²) in [6.07, 6.45) is 0.662. The van der Waals surface area contributed by atoms with Gasteiger partial charge in [0.05, 0.1) is 11.3 Å². The maximum atomic E-state index is 14.3. The number of hydrogen-bond acceptors (Lipinski definition) is 3. The molecule has 144 valence electrons. The van der Waals surface area contributed by atoms with Gasteiger partial charge in [-0.2, -0.15) is 0 Å². The van der Waals surface area contributed by atoms with Crippen LogP contribution in [0.15, 0.2) is 48.5 Å². The van der Waals surface area contributed by atoms with Gasteiger partial charge in [-0.25, -0.2) is 4.39 Å². The minimum Gasteiger partial charge on any atom is -0.343 e. The predicted octanol–water partition coefficient (Wildman–Crippen LogP) is 3.16. The highest BCUT2D eigenvalue weighted by Crippen LogP contribution is 2.29. The molecule has 0 unspecified atom stereocenters. The van der Waals surface area contributed by atoms with Crippen molar-refractivity contribution in [1.29, 1.82) is 0 Å². The lowest BCUT2D eigenvalue weighted by atomic mass is 10.0. The van der Waals surface area contributed by atoms with Gasteiger partial charge in [0.1, 0.15) is 5.82 Å². The molecule has 0 saturated heterocycles. The van der Waals surface area contributed by atoms with Crippen LogP contribution in [0.3, 0.4) is 0 Å². The molecule has 6 heteroatoms. The summed E-state index contributed by atoms with van der Waals surface area (Å²) in [5.74, 6) is -1.81. The maximum Gasteiger partial charge on any atom is 0.299 e. The molecule has 2 heterocycles. The van der Waals surface area contributed by atoms with Crippen molar-refractivity contribution in [2.75, 3.05) is 24.5 Å². The molecule has 5 nitrogen and oxygen atoms in total. The highest BCUT2D eigenvalue weighted by atomic mass is 19.1. The monoisotopic (exact) mass is 379 g/mol. The smallest absolute Gasteiger partial charge is 0.299 e. The van der Waals surface area contributed by atoms with E-state index in [4.69, 9.17) is 0 Å². The number of hydrogen-bond donors (Lipinski definition) is 1. The van der Waals surface area contributed by atoms with E-state index in [-0.39, 0.29) is 12.2 Å². The van der Waals surface area contributed by atoms with Gasteiger partial charge in [-0.1, -0.05) is 30.3 Å². The summed E-state index contributed by atoms with van der Waals surface area (Å²) >= 11 is 0. The first-order valence-electron chi connectivity index (χ1n) is 9.55. The molecule has 3 aromatic rings. The average Bonchev–Trinajstić information content (AvgIpc) is 2.85. The Bertz CT molecular complexity index is 1060. The van der Waals surface area contributed by atoms with Gasteiger partial charge in [-0.15, -0.1) is 0 Å². The van der Waals surface area contributed by atoms with E-state index in [1.165, 1.54) is 17.0 Å². The van der Waals surface area contributed by atoms with Crippen LogP contribution < -0.4 is 10.2 Å². The molecule has 28 heavy (non-hydrogen) atoms. The lowest BCUT2D eigenvalue weighted by Gasteiger charge is -2.21. The van der Waals surface area contributed by atoms with E-state index < -0.39 is 17.5 Å². The largest absolute Gasteiger partial charge is 0.343 e. The van der Waals surface area contributed by atoms with Crippen LogP contribution in [-0.4, -0.2) is 35.9 Å². The Kier molecular flexibility index (Phi) is 4.96. The van der Waals surface area contributed by atoms with E-state index in [0.717, 1.165) is 36.2 Å². The number of para-hydroxylation sites is 2. The average molecular weight is 379 g/mol. The molecule has 1 aliphatic heterocycles. The second kappa shape index (κ2) is 7.56. The third-order valence-corrected chi connectivity index (χ3v) is 5.26. The molecule has 0 fully saturated rings. The summed E-state index contributed by atoms with van der Waals surface area (Å²) in [4.78, 5) is 27.7. The van der Waals surface area contributed by atoms with Gasteiger partial charge in [-0.3, -0.25) is 9.59 Å². The molecule has 0 radical (unpaired) electrons. The van der Waals surface area contributed by atoms with E-state index in [0.29, 0.717) is 12.0 Å². The fraction of sp³-hybridized carbons (Fsp3) is 0.273. The van der Waals surface area contributed by atoms with Gasteiger partial charge in [0.2, 0.25) is 0 Å². The number of carbonyl (C=O) groups excluding carboxylic acids is 2. The Labute approximate surface area is 162 Å². The van der Waals surface area contributed by atoms with Gasteiger partial charge in [0.25, 0.3) is 11.7 Å². The maximum absolute atomic E-state index is 14.3. The Morgan fingerprint density at radius 1 is 1.11 bits per heavy atom. The number of amides is 1. The number of Topliss-reactive ketones (excluding diaryl/α,β-unsaturated/α-hetero) is 1. The summed E-state index contributed by atoms with van der Waals surface area (Å²) in [7, 11) is 0. The number of aromatic nitrogens is 1. The van der Waals surface area contributed by atoms with E-state index >= 15 is 0 Å². The van der Waals surface area contributed by atoms with Crippen molar-refractivity contribution >= 4 is 28.3 Å². The molecule has 2 aromatic carbocycles. The zero-order valence-corrected chi connectivity index (χ0v) is 15.7. The Morgan fingerprint density at radius 3 is 2.64 bits per heavy atom. The molecule has 0 aliphatic carbocycles. The number of carbonyl (C=O) groups is 2. The van der Waals surface area contributed by atoms with E-state index in [2.05, 4.69) is 9.88 Å². The molecular weight excluding hydrogens is 357 g/mol. The van der Waals surface area contributed by atoms with Gasteiger partial charge < -0.3 is 14.8 Å². The highest BCUT2D eigenvalue weighted by Gasteiger charge is 2.31. The molecule has 1 N–H and O–H groups in total.